The molecule has 3 atom stereocenters. The fourth-order valence-corrected chi connectivity index (χ4v) is 2.96. The first-order valence-corrected chi connectivity index (χ1v) is 7.49. The Hall–Kier alpha value is -1.06. The van der Waals surface area contributed by atoms with E-state index in [1.165, 1.54) is 0 Å². The van der Waals surface area contributed by atoms with Gasteiger partial charge in [-0.3, -0.25) is 4.79 Å². The minimum atomic E-state index is -0.0161. The van der Waals surface area contributed by atoms with Gasteiger partial charge in [0.1, 0.15) is 0 Å². The molecular formula is C17H27ClN2O. The van der Waals surface area contributed by atoms with Gasteiger partial charge in [0, 0.05) is 12.0 Å². The van der Waals surface area contributed by atoms with E-state index in [-0.39, 0.29) is 41.7 Å². The Morgan fingerprint density at radius 1 is 1.24 bits per heavy atom. The predicted octanol–water partition coefficient (Wildman–Crippen LogP) is 3.44. The molecule has 0 heterocycles. The molecule has 3 N–H and O–H groups in total. The zero-order chi connectivity index (χ0) is 14.8. The van der Waals surface area contributed by atoms with Crippen LogP contribution in [-0.4, -0.2) is 11.9 Å². The molecule has 1 fully saturated rings. The molecule has 0 radical (unpaired) electrons. The SMILES string of the molecule is CC(C)(C)C(NC(=O)C1CCC(N)C1)c1ccccc1.Cl. The van der Waals surface area contributed by atoms with Crippen LogP contribution >= 0.6 is 12.4 Å². The largest absolute Gasteiger partial charge is 0.349 e. The van der Waals surface area contributed by atoms with Crippen molar-refractivity contribution in [3.63, 3.8) is 0 Å². The summed E-state index contributed by atoms with van der Waals surface area (Å²) in [5.41, 5.74) is 7.06. The van der Waals surface area contributed by atoms with E-state index in [2.05, 4.69) is 38.2 Å². The molecule has 0 aliphatic heterocycles. The van der Waals surface area contributed by atoms with Crippen LogP contribution in [0.4, 0.5) is 0 Å². The standard InChI is InChI=1S/C17H26N2O.ClH/c1-17(2,3)15(12-7-5-4-6-8-12)19-16(20)13-9-10-14(18)11-13;/h4-8,13-15H,9-11,18H2,1-3H3,(H,19,20);1H. The molecule has 118 valence electrons. The monoisotopic (exact) mass is 310 g/mol. The molecule has 0 saturated heterocycles. The molecule has 21 heavy (non-hydrogen) atoms. The number of carbonyl (C=O) groups is 1. The summed E-state index contributed by atoms with van der Waals surface area (Å²) in [4.78, 5) is 12.5. The molecule has 0 spiro atoms. The van der Waals surface area contributed by atoms with Crippen molar-refractivity contribution < 1.29 is 4.79 Å². The van der Waals surface area contributed by atoms with Crippen LogP contribution in [0.1, 0.15) is 51.6 Å². The van der Waals surface area contributed by atoms with Crippen molar-refractivity contribution >= 4 is 18.3 Å². The molecule has 2 rings (SSSR count). The second kappa shape index (κ2) is 7.28. The number of hydrogen-bond acceptors (Lipinski definition) is 2. The minimum absolute atomic E-state index is 0. The maximum atomic E-state index is 12.5. The molecule has 1 aromatic carbocycles. The van der Waals surface area contributed by atoms with E-state index in [1.54, 1.807) is 0 Å². The van der Waals surface area contributed by atoms with E-state index in [9.17, 15) is 4.79 Å². The number of hydrogen-bond donors (Lipinski definition) is 2. The minimum Gasteiger partial charge on any atom is -0.349 e. The van der Waals surface area contributed by atoms with Crippen LogP contribution in [0, 0.1) is 11.3 Å². The summed E-state index contributed by atoms with van der Waals surface area (Å²) in [7, 11) is 0. The number of carbonyl (C=O) groups excluding carboxylic acids is 1. The average Bonchev–Trinajstić information content (AvgIpc) is 2.82. The van der Waals surface area contributed by atoms with Crippen molar-refractivity contribution in [1.82, 2.24) is 5.32 Å². The maximum absolute atomic E-state index is 12.5. The highest BCUT2D eigenvalue weighted by molar-refractivity contribution is 5.85. The van der Waals surface area contributed by atoms with Crippen LogP contribution in [-0.2, 0) is 4.79 Å². The summed E-state index contributed by atoms with van der Waals surface area (Å²) in [5, 5.41) is 3.24. The van der Waals surface area contributed by atoms with Gasteiger partial charge in [-0.1, -0.05) is 51.1 Å². The van der Waals surface area contributed by atoms with Crippen LogP contribution in [0.5, 0.6) is 0 Å². The number of nitrogens with one attached hydrogen (secondary N) is 1. The van der Waals surface area contributed by atoms with Gasteiger partial charge >= 0.3 is 0 Å². The fourth-order valence-electron chi connectivity index (χ4n) is 2.96. The molecule has 1 amide bonds. The van der Waals surface area contributed by atoms with Gasteiger partial charge in [0.15, 0.2) is 0 Å². The third-order valence-corrected chi connectivity index (χ3v) is 4.13. The number of benzene rings is 1. The van der Waals surface area contributed by atoms with Crippen molar-refractivity contribution in [1.29, 1.82) is 0 Å². The summed E-state index contributed by atoms with van der Waals surface area (Å²) in [6.07, 6.45) is 2.69. The first-order valence-electron chi connectivity index (χ1n) is 7.49. The molecule has 0 bridgehead atoms. The van der Waals surface area contributed by atoms with Crippen molar-refractivity contribution in [2.75, 3.05) is 0 Å². The Bertz CT molecular complexity index is 456. The Morgan fingerprint density at radius 2 is 1.86 bits per heavy atom. The van der Waals surface area contributed by atoms with Crippen LogP contribution in [0.3, 0.4) is 0 Å². The first kappa shape index (κ1) is 18.0. The van der Waals surface area contributed by atoms with Crippen molar-refractivity contribution in [3.8, 4) is 0 Å². The Balaban J connectivity index is 0.00000220. The molecule has 4 heteroatoms. The predicted molar refractivity (Wildman–Crippen MR) is 89.3 cm³/mol. The van der Waals surface area contributed by atoms with Gasteiger partial charge in [0.25, 0.3) is 0 Å². The summed E-state index contributed by atoms with van der Waals surface area (Å²) in [6.45, 7) is 6.47. The van der Waals surface area contributed by atoms with Crippen LogP contribution in [0.15, 0.2) is 30.3 Å². The van der Waals surface area contributed by atoms with Crippen molar-refractivity contribution in [2.24, 2.45) is 17.1 Å². The average molecular weight is 311 g/mol. The molecule has 1 saturated carbocycles. The first-order chi connectivity index (χ1) is 9.38. The van der Waals surface area contributed by atoms with Gasteiger partial charge < -0.3 is 11.1 Å². The summed E-state index contributed by atoms with van der Waals surface area (Å²) < 4.78 is 0. The van der Waals surface area contributed by atoms with Gasteiger partial charge in [0.2, 0.25) is 5.91 Å². The Morgan fingerprint density at radius 3 is 2.33 bits per heavy atom. The molecule has 1 aromatic rings. The van der Waals surface area contributed by atoms with Gasteiger partial charge in [0.05, 0.1) is 6.04 Å². The highest BCUT2D eigenvalue weighted by Crippen LogP contribution is 2.34. The van der Waals surface area contributed by atoms with E-state index in [1.807, 2.05) is 18.2 Å². The number of amides is 1. The van der Waals surface area contributed by atoms with Gasteiger partial charge in [-0.25, -0.2) is 0 Å². The summed E-state index contributed by atoms with van der Waals surface area (Å²) in [6, 6.07) is 10.4. The summed E-state index contributed by atoms with van der Waals surface area (Å²) >= 11 is 0. The van der Waals surface area contributed by atoms with E-state index in [4.69, 9.17) is 5.73 Å². The lowest BCUT2D eigenvalue weighted by Gasteiger charge is -2.33. The van der Waals surface area contributed by atoms with Gasteiger partial charge in [-0.15, -0.1) is 12.4 Å². The lowest BCUT2D eigenvalue weighted by molar-refractivity contribution is -0.126. The summed E-state index contributed by atoms with van der Waals surface area (Å²) in [5.74, 6) is 0.236. The van der Waals surface area contributed by atoms with E-state index < -0.39 is 0 Å². The Kier molecular flexibility index (Phi) is 6.24. The second-order valence-electron chi connectivity index (χ2n) is 6.99. The zero-order valence-electron chi connectivity index (χ0n) is 13.1. The Labute approximate surface area is 134 Å². The van der Waals surface area contributed by atoms with Gasteiger partial charge in [-0.2, -0.15) is 0 Å². The second-order valence-corrected chi connectivity index (χ2v) is 6.99. The van der Waals surface area contributed by atoms with Crippen LogP contribution in [0.2, 0.25) is 0 Å². The highest BCUT2D eigenvalue weighted by atomic mass is 35.5. The van der Waals surface area contributed by atoms with Crippen molar-refractivity contribution in [2.45, 2.75) is 52.1 Å². The third kappa shape index (κ3) is 4.72. The fraction of sp³-hybridized carbons (Fsp3) is 0.588. The topological polar surface area (TPSA) is 55.1 Å². The van der Waals surface area contributed by atoms with Crippen molar-refractivity contribution in [3.05, 3.63) is 35.9 Å². The quantitative estimate of drug-likeness (QED) is 0.898. The zero-order valence-corrected chi connectivity index (χ0v) is 14.0. The third-order valence-electron chi connectivity index (χ3n) is 4.13. The molecule has 3 unspecified atom stereocenters. The highest BCUT2D eigenvalue weighted by Gasteiger charge is 2.33. The lowest BCUT2D eigenvalue weighted by atomic mass is 9.82. The normalized spacial score (nSPS) is 23.2. The van der Waals surface area contributed by atoms with Crippen LogP contribution in [0.25, 0.3) is 0 Å². The van der Waals surface area contributed by atoms with E-state index >= 15 is 0 Å². The number of rotatable bonds is 3. The van der Waals surface area contributed by atoms with E-state index in [0.717, 1.165) is 24.8 Å². The van der Waals surface area contributed by atoms with E-state index in [0.29, 0.717) is 0 Å². The molecule has 1 aliphatic carbocycles. The smallest absolute Gasteiger partial charge is 0.223 e. The van der Waals surface area contributed by atoms with Crippen LogP contribution < -0.4 is 11.1 Å². The molecule has 1 aliphatic rings. The lowest BCUT2D eigenvalue weighted by Crippen LogP contribution is -2.39. The number of nitrogens with two attached hydrogens (primary N) is 1. The molecule has 3 nitrogen and oxygen atoms in total. The number of halogens is 1. The van der Waals surface area contributed by atoms with Gasteiger partial charge in [-0.05, 0) is 30.2 Å². The molecule has 0 aromatic heterocycles. The molecular weight excluding hydrogens is 284 g/mol. The maximum Gasteiger partial charge on any atom is 0.223 e.